The van der Waals surface area contributed by atoms with Crippen LogP contribution < -0.4 is 5.32 Å². The normalized spacial score (nSPS) is 22.7. The number of halogens is 1. The quantitative estimate of drug-likeness (QED) is 0.834. The molecule has 2 aromatic rings. The first-order valence-corrected chi connectivity index (χ1v) is 9.56. The zero-order chi connectivity index (χ0) is 18.3. The SMILES string of the molecule is O=C(CCN1C(=O)[C@H]2CCCC[C@@H]2C1=O)Nc1nc2ccc(F)cc2s1. The highest BCUT2D eigenvalue weighted by Crippen LogP contribution is 2.38. The predicted molar refractivity (Wildman–Crippen MR) is 95.0 cm³/mol. The molecule has 8 heteroatoms. The number of amides is 3. The highest BCUT2D eigenvalue weighted by Gasteiger charge is 2.47. The molecule has 0 spiro atoms. The summed E-state index contributed by atoms with van der Waals surface area (Å²) in [6, 6.07) is 4.24. The van der Waals surface area contributed by atoms with E-state index in [-0.39, 0.29) is 48.3 Å². The molecule has 2 aliphatic rings. The van der Waals surface area contributed by atoms with E-state index in [0.717, 1.165) is 25.7 Å². The molecule has 1 aliphatic heterocycles. The summed E-state index contributed by atoms with van der Waals surface area (Å²) in [7, 11) is 0. The molecule has 1 aromatic carbocycles. The fraction of sp³-hybridized carbons (Fsp3) is 0.444. The first-order chi connectivity index (χ1) is 12.5. The molecule has 4 rings (SSSR count). The maximum Gasteiger partial charge on any atom is 0.233 e. The van der Waals surface area contributed by atoms with Gasteiger partial charge in [0.05, 0.1) is 22.1 Å². The van der Waals surface area contributed by atoms with Gasteiger partial charge >= 0.3 is 0 Å². The molecular formula is C18H18FN3O3S. The molecule has 136 valence electrons. The van der Waals surface area contributed by atoms with Crippen LogP contribution in [0.5, 0.6) is 0 Å². The second-order valence-electron chi connectivity index (χ2n) is 6.75. The number of benzene rings is 1. The number of imide groups is 1. The van der Waals surface area contributed by atoms with Crippen LogP contribution in [0.1, 0.15) is 32.1 Å². The van der Waals surface area contributed by atoms with Crippen molar-refractivity contribution in [2.45, 2.75) is 32.1 Å². The van der Waals surface area contributed by atoms with E-state index in [0.29, 0.717) is 15.3 Å². The minimum atomic E-state index is -0.355. The Morgan fingerprint density at radius 1 is 1.23 bits per heavy atom. The summed E-state index contributed by atoms with van der Waals surface area (Å²) in [6.45, 7) is 0.0933. The van der Waals surface area contributed by atoms with Gasteiger partial charge in [-0.15, -0.1) is 0 Å². The Bertz CT molecular complexity index is 873. The van der Waals surface area contributed by atoms with Gasteiger partial charge < -0.3 is 5.32 Å². The van der Waals surface area contributed by atoms with Gasteiger partial charge in [-0.05, 0) is 31.0 Å². The van der Waals surface area contributed by atoms with E-state index in [1.807, 2.05) is 0 Å². The Balaban J connectivity index is 1.37. The lowest BCUT2D eigenvalue weighted by Gasteiger charge is -2.19. The van der Waals surface area contributed by atoms with Gasteiger partial charge in [0.2, 0.25) is 17.7 Å². The Kier molecular flexibility index (Phi) is 4.44. The van der Waals surface area contributed by atoms with Gasteiger partial charge in [0, 0.05) is 13.0 Å². The minimum Gasteiger partial charge on any atom is -0.302 e. The summed E-state index contributed by atoms with van der Waals surface area (Å²) in [5.41, 5.74) is 0.612. The molecule has 1 saturated heterocycles. The van der Waals surface area contributed by atoms with Gasteiger partial charge in [0.25, 0.3) is 0 Å². The average Bonchev–Trinajstić information content (AvgIpc) is 3.12. The number of rotatable bonds is 4. The van der Waals surface area contributed by atoms with Crippen LogP contribution in [0.2, 0.25) is 0 Å². The lowest BCUT2D eigenvalue weighted by molar-refractivity contribution is -0.140. The minimum absolute atomic E-state index is 0.0290. The fourth-order valence-electron chi connectivity index (χ4n) is 3.80. The van der Waals surface area contributed by atoms with E-state index in [4.69, 9.17) is 0 Å². The zero-order valence-electron chi connectivity index (χ0n) is 14.0. The molecule has 1 saturated carbocycles. The van der Waals surface area contributed by atoms with Crippen LogP contribution in [-0.4, -0.2) is 34.2 Å². The average molecular weight is 375 g/mol. The number of fused-ring (bicyclic) bond motifs is 2. The van der Waals surface area contributed by atoms with Gasteiger partial charge in [0.15, 0.2) is 5.13 Å². The van der Waals surface area contributed by atoms with Gasteiger partial charge in [-0.2, -0.15) is 0 Å². The maximum atomic E-state index is 13.2. The monoisotopic (exact) mass is 375 g/mol. The lowest BCUT2D eigenvalue weighted by atomic mass is 9.81. The molecule has 1 aliphatic carbocycles. The Morgan fingerprint density at radius 2 is 1.92 bits per heavy atom. The van der Waals surface area contributed by atoms with Crippen molar-refractivity contribution in [2.75, 3.05) is 11.9 Å². The van der Waals surface area contributed by atoms with Gasteiger partial charge in [-0.3, -0.25) is 19.3 Å². The standard InChI is InChI=1S/C18H18FN3O3S/c19-10-5-6-13-14(9-10)26-18(20-13)21-15(23)7-8-22-16(24)11-3-1-2-4-12(11)17(22)25/h5-6,9,11-12H,1-4,7-8H2,(H,20,21,23)/t11-,12-/m0/s1. The third kappa shape index (κ3) is 3.09. The Morgan fingerprint density at radius 3 is 2.62 bits per heavy atom. The van der Waals surface area contributed by atoms with Crippen molar-refractivity contribution in [1.82, 2.24) is 9.88 Å². The van der Waals surface area contributed by atoms with E-state index in [1.165, 1.54) is 28.4 Å². The summed E-state index contributed by atoms with van der Waals surface area (Å²) >= 11 is 1.18. The Hall–Kier alpha value is -2.35. The number of carbonyl (C=O) groups excluding carboxylic acids is 3. The summed E-state index contributed by atoms with van der Waals surface area (Å²) in [4.78, 5) is 42.4. The van der Waals surface area contributed by atoms with Crippen LogP contribution >= 0.6 is 11.3 Å². The van der Waals surface area contributed by atoms with Crippen LogP contribution in [0.3, 0.4) is 0 Å². The number of nitrogens with one attached hydrogen (secondary N) is 1. The molecule has 1 aromatic heterocycles. The summed E-state index contributed by atoms with van der Waals surface area (Å²) in [6.07, 6.45) is 3.51. The molecule has 3 amide bonds. The number of thiazole rings is 1. The molecule has 26 heavy (non-hydrogen) atoms. The molecule has 0 bridgehead atoms. The third-order valence-corrected chi connectivity index (χ3v) is 6.03. The molecule has 2 atom stereocenters. The highest BCUT2D eigenvalue weighted by atomic mass is 32.1. The van der Waals surface area contributed by atoms with Crippen molar-refractivity contribution in [3.8, 4) is 0 Å². The van der Waals surface area contributed by atoms with Gasteiger partial charge in [-0.1, -0.05) is 24.2 Å². The van der Waals surface area contributed by atoms with E-state index in [9.17, 15) is 18.8 Å². The summed E-state index contributed by atoms with van der Waals surface area (Å²) in [5.74, 6) is -1.34. The molecule has 2 heterocycles. The predicted octanol–water partition coefficient (Wildman–Crippen LogP) is 2.94. The zero-order valence-corrected chi connectivity index (χ0v) is 14.9. The summed E-state index contributed by atoms with van der Waals surface area (Å²) < 4.78 is 13.9. The van der Waals surface area contributed by atoms with E-state index >= 15 is 0 Å². The van der Waals surface area contributed by atoms with Crippen LogP contribution in [0.4, 0.5) is 9.52 Å². The van der Waals surface area contributed by atoms with E-state index in [2.05, 4.69) is 10.3 Å². The topological polar surface area (TPSA) is 79.4 Å². The van der Waals surface area contributed by atoms with Crippen LogP contribution in [0, 0.1) is 17.7 Å². The van der Waals surface area contributed by atoms with Crippen molar-refractivity contribution >= 4 is 44.4 Å². The second-order valence-corrected chi connectivity index (χ2v) is 7.79. The van der Waals surface area contributed by atoms with E-state index < -0.39 is 0 Å². The first kappa shape index (κ1) is 17.1. The number of aromatic nitrogens is 1. The second kappa shape index (κ2) is 6.75. The molecular weight excluding hydrogens is 357 g/mol. The number of likely N-dealkylation sites (tertiary alicyclic amines) is 1. The van der Waals surface area contributed by atoms with Gasteiger partial charge in [0.1, 0.15) is 5.82 Å². The molecule has 0 radical (unpaired) electrons. The van der Waals surface area contributed by atoms with Crippen molar-refractivity contribution in [2.24, 2.45) is 11.8 Å². The van der Waals surface area contributed by atoms with Crippen LogP contribution in [0.15, 0.2) is 18.2 Å². The first-order valence-electron chi connectivity index (χ1n) is 8.74. The molecule has 2 fully saturated rings. The smallest absolute Gasteiger partial charge is 0.233 e. The Labute approximate surface area is 153 Å². The number of hydrogen-bond donors (Lipinski definition) is 1. The van der Waals surface area contributed by atoms with Crippen LogP contribution in [0.25, 0.3) is 10.2 Å². The van der Waals surface area contributed by atoms with Crippen molar-refractivity contribution in [3.63, 3.8) is 0 Å². The van der Waals surface area contributed by atoms with Crippen molar-refractivity contribution in [3.05, 3.63) is 24.0 Å². The van der Waals surface area contributed by atoms with Crippen molar-refractivity contribution < 1.29 is 18.8 Å². The number of anilines is 1. The molecule has 1 N–H and O–H groups in total. The fourth-order valence-corrected chi connectivity index (χ4v) is 4.71. The highest BCUT2D eigenvalue weighted by molar-refractivity contribution is 7.22. The van der Waals surface area contributed by atoms with E-state index in [1.54, 1.807) is 6.07 Å². The largest absolute Gasteiger partial charge is 0.302 e. The number of carbonyl (C=O) groups is 3. The van der Waals surface area contributed by atoms with Crippen LogP contribution in [-0.2, 0) is 14.4 Å². The molecule has 0 unspecified atom stereocenters. The number of hydrogen-bond acceptors (Lipinski definition) is 5. The third-order valence-electron chi connectivity index (χ3n) is 5.09. The number of nitrogens with zero attached hydrogens (tertiary/aromatic N) is 2. The summed E-state index contributed by atoms with van der Waals surface area (Å²) in [5, 5.41) is 3.04. The molecule has 6 nitrogen and oxygen atoms in total. The van der Waals surface area contributed by atoms with Gasteiger partial charge in [-0.25, -0.2) is 9.37 Å². The lowest BCUT2D eigenvalue weighted by Crippen LogP contribution is -2.34. The maximum absolute atomic E-state index is 13.2. The van der Waals surface area contributed by atoms with Crippen molar-refractivity contribution in [1.29, 1.82) is 0 Å².